The van der Waals surface area contributed by atoms with Crippen molar-refractivity contribution in [3.8, 4) is 29.0 Å². The van der Waals surface area contributed by atoms with Crippen LogP contribution in [0.5, 0.6) is 11.5 Å². The standard InChI is InChI=1S/C34H41FN8O5/c1-34(2,3)48-33(44)43-10-9-29(26(35)18-43)47-28-8-5-22(15-23(28)17-36)31-37-21-38-32(40-31)39-24-6-7-27(30(16-24)45-4)42-13-11-41(12-14-42)25-19-46-20-25/h5-8,15-16,21,25-26,29H,9-14,18-20H2,1-4H3,(H,37,38,39,40)/t26-,29-/m0/s1. The normalized spacial score (nSPS) is 20.4. The minimum Gasteiger partial charge on any atom is -0.495 e. The molecule has 3 aliphatic rings. The van der Waals surface area contributed by atoms with Crippen LogP contribution >= 0.6 is 0 Å². The molecule has 1 amide bonds. The number of methoxy groups -OCH3 is 1. The smallest absolute Gasteiger partial charge is 0.410 e. The average Bonchev–Trinajstić information content (AvgIpc) is 3.04. The predicted octanol–water partition coefficient (Wildman–Crippen LogP) is 4.41. The number of nitriles is 1. The third kappa shape index (κ3) is 7.69. The number of amides is 1. The van der Waals surface area contributed by atoms with Crippen LogP contribution < -0.4 is 19.7 Å². The molecule has 2 atom stereocenters. The molecule has 3 aromatic rings. The van der Waals surface area contributed by atoms with Crippen LogP contribution in [-0.4, -0.2) is 114 Å². The first-order chi connectivity index (χ1) is 23.1. The summed E-state index contributed by atoms with van der Waals surface area (Å²) >= 11 is 0. The van der Waals surface area contributed by atoms with E-state index in [4.69, 9.17) is 18.9 Å². The Morgan fingerprint density at radius 2 is 1.85 bits per heavy atom. The van der Waals surface area contributed by atoms with Crippen molar-refractivity contribution in [2.45, 2.75) is 51.1 Å². The van der Waals surface area contributed by atoms with Gasteiger partial charge < -0.3 is 34.1 Å². The molecule has 1 aromatic heterocycles. The Bertz CT molecular complexity index is 1650. The number of hydrogen-bond acceptors (Lipinski definition) is 12. The summed E-state index contributed by atoms with van der Waals surface area (Å²) < 4.78 is 37.5. The quantitative estimate of drug-likeness (QED) is 0.366. The molecule has 0 spiro atoms. The van der Waals surface area contributed by atoms with Gasteiger partial charge >= 0.3 is 6.09 Å². The van der Waals surface area contributed by atoms with Crippen LogP contribution in [0, 0.1) is 11.3 Å². The van der Waals surface area contributed by atoms with Gasteiger partial charge in [0.25, 0.3) is 0 Å². The fourth-order valence-corrected chi connectivity index (χ4v) is 5.93. The van der Waals surface area contributed by atoms with Crippen LogP contribution in [0.1, 0.15) is 32.8 Å². The number of aromatic nitrogens is 3. The molecule has 4 heterocycles. The number of carbonyl (C=O) groups excluding carboxylic acids is 1. The number of rotatable bonds is 8. The molecule has 14 heteroatoms. The van der Waals surface area contributed by atoms with Crippen molar-refractivity contribution in [3.63, 3.8) is 0 Å². The Kier molecular flexibility index (Phi) is 9.79. The molecule has 13 nitrogen and oxygen atoms in total. The average molecular weight is 661 g/mol. The number of hydrogen-bond donors (Lipinski definition) is 1. The lowest BCUT2D eigenvalue weighted by Gasteiger charge is -2.43. The SMILES string of the molecule is COc1cc(Nc2ncnc(-c3ccc(O[C@H]4CCN(C(=O)OC(C)(C)C)C[C@@H]4F)c(C#N)c3)n2)ccc1N1CCN(C2COC2)CC1. The second kappa shape index (κ2) is 14.2. The summed E-state index contributed by atoms with van der Waals surface area (Å²) in [6.45, 7) is 10.9. The van der Waals surface area contributed by atoms with E-state index in [2.05, 4.69) is 36.1 Å². The van der Waals surface area contributed by atoms with Gasteiger partial charge in [0.05, 0.1) is 44.2 Å². The number of carbonyl (C=O) groups is 1. The lowest BCUT2D eigenvalue weighted by atomic mass is 10.1. The van der Waals surface area contributed by atoms with E-state index in [1.165, 1.54) is 11.2 Å². The highest BCUT2D eigenvalue weighted by Gasteiger charge is 2.35. The molecule has 3 saturated heterocycles. The topological polar surface area (TPSA) is 138 Å². The van der Waals surface area contributed by atoms with Gasteiger partial charge in [0.1, 0.15) is 35.6 Å². The van der Waals surface area contributed by atoms with Gasteiger partial charge in [-0.15, -0.1) is 0 Å². The number of ether oxygens (including phenoxy) is 4. The van der Waals surface area contributed by atoms with Gasteiger partial charge in [0.15, 0.2) is 12.0 Å². The van der Waals surface area contributed by atoms with Gasteiger partial charge in [0, 0.05) is 56.5 Å². The zero-order valence-electron chi connectivity index (χ0n) is 27.7. The second-order valence-electron chi connectivity index (χ2n) is 13.1. The maximum absolute atomic E-state index is 15.1. The lowest BCUT2D eigenvalue weighted by molar-refractivity contribution is -0.0660. The summed E-state index contributed by atoms with van der Waals surface area (Å²) in [6.07, 6.45) is -1.16. The Morgan fingerprint density at radius 3 is 2.52 bits per heavy atom. The molecule has 3 fully saturated rings. The molecular formula is C34H41FN8O5. The number of nitrogens with zero attached hydrogens (tertiary/aromatic N) is 7. The van der Waals surface area contributed by atoms with Crippen LogP contribution in [-0.2, 0) is 9.47 Å². The summed E-state index contributed by atoms with van der Waals surface area (Å²) in [5, 5.41) is 13.1. The highest BCUT2D eigenvalue weighted by atomic mass is 19.1. The first-order valence-corrected chi connectivity index (χ1v) is 16.1. The van der Waals surface area contributed by atoms with E-state index >= 15 is 4.39 Å². The summed E-state index contributed by atoms with van der Waals surface area (Å²) in [7, 11) is 1.66. The van der Waals surface area contributed by atoms with Crippen LogP contribution in [0.15, 0.2) is 42.7 Å². The van der Waals surface area contributed by atoms with E-state index in [0.29, 0.717) is 23.4 Å². The zero-order chi connectivity index (χ0) is 33.8. The summed E-state index contributed by atoms with van der Waals surface area (Å²) in [6, 6.07) is 13.5. The highest BCUT2D eigenvalue weighted by molar-refractivity contribution is 5.69. The number of piperazine rings is 1. The van der Waals surface area contributed by atoms with E-state index in [1.54, 1.807) is 46.1 Å². The van der Waals surface area contributed by atoms with Gasteiger partial charge in [-0.1, -0.05) is 0 Å². The van der Waals surface area contributed by atoms with E-state index in [-0.39, 0.29) is 30.8 Å². The molecule has 2 aromatic carbocycles. The zero-order valence-corrected chi connectivity index (χ0v) is 27.7. The van der Waals surface area contributed by atoms with Gasteiger partial charge in [-0.3, -0.25) is 4.90 Å². The maximum Gasteiger partial charge on any atom is 0.410 e. The summed E-state index contributed by atoms with van der Waals surface area (Å²) in [5.74, 6) is 1.66. The third-order valence-electron chi connectivity index (χ3n) is 8.57. The van der Waals surface area contributed by atoms with Gasteiger partial charge in [0.2, 0.25) is 5.95 Å². The number of nitrogens with one attached hydrogen (secondary N) is 1. The Balaban J connectivity index is 1.09. The molecule has 254 valence electrons. The fraction of sp³-hybridized carbons (Fsp3) is 0.500. The minimum absolute atomic E-state index is 0.150. The Morgan fingerprint density at radius 1 is 1.06 bits per heavy atom. The predicted molar refractivity (Wildman–Crippen MR) is 176 cm³/mol. The number of likely N-dealkylation sites (tertiary alicyclic amines) is 1. The van der Waals surface area contributed by atoms with E-state index in [0.717, 1.165) is 56.5 Å². The number of piperidine rings is 1. The molecule has 6 rings (SSSR count). The molecule has 0 saturated carbocycles. The molecule has 3 aliphatic heterocycles. The second-order valence-corrected chi connectivity index (χ2v) is 13.1. The summed E-state index contributed by atoms with van der Waals surface area (Å²) in [5.41, 5.74) is 1.89. The molecule has 0 unspecified atom stereocenters. The van der Waals surface area contributed by atoms with E-state index in [9.17, 15) is 10.1 Å². The number of alkyl halides is 1. The Hall–Kier alpha value is -4.74. The molecule has 0 bridgehead atoms. The van der Waals surface area contributed by atoms with Crippen molar-refractivity contribution >= 4 is 23.4 Å². The maximum atomic E-state index is 15.1. The molecular weight excluding hydrogens is 619 g/mol. The van der Waals surface area contributed by atoms with Crippen molar-refractivity contribution in [2.24, 2.45) is 0 Å². The monoisotopic (exact) mass is 660 g/mol. The molecule has 0 radical (unpaired) electrons. The van der Waals surface area contributed by atoms with E-state index in [1.807, 2.05) is 18.2 Å². The van der Waals surface area contributed by atoms with Crippen LogP contribution in [0.25, 0.3) is 11.4 Å². The lowest BCUT2D eigenvalue weighted by Crippen LogP contribution is -2.56. The largest absolute Gasteiger partial charge is 0.495 e. The van der Waals surface area contributed by atoms with Gasteiger partial charge in [-0.2, -0.15) is 10.2 Å². The van der Waals surface area contributed by atoms with Gasteiger partial charge in [-0.25, -0.2) is 19.2 Å². The molecule has 48 heavy (non-hydrogen) atoms. The first kappa shape index (κ1) is 33.2. The number of anilines is 3. The number of benzene rings is 2. The van der Waals surface area contributed by atoms with Crippen LogP contribution in [0.3, 0.4) is 0 Å². The first-order valence-electron chi connectivity index (χ1n) is 16.1. The molecule has 0 aliphatic carbocycles. The van der Waals surface area contributed by atoms with E-state index < -0.39 is 24.0 Å². The fourth-order valence-electron chi connectivity index (χ4n) is 5.93. The highest BCUT2D eigenvalue weighted by Crippen LogP contribution is 2.34. The van der Waals surface area contributed by atoms with Crippen molar-refractivity contribution in [3.05, 3.63) is 48.3 Å². The van der Waals surface area contributed by atoms with Crippen molar-refractivity contribution in [2.75, 3.05) is 69.8 Å². The number of halogens is 1. The van der Waals surface area contributed by atoms with Crippen molar-refractivity contribution < 1.29 is 28.1 Å². The van der Waals surface area contributed by atoms with Crippen LogP contribution in [0.4, 0.5) is 26.5 Å². The van der Waals surface area contributed by atoms with Gasteiger partial charge in [-0.05, 0) is 51.1 Å². The van der Waals surface area contributed by atoms with Crippen LogP contribution in [0.2, 0.25) is 0 Å². The Labute approximate surface area is 279 Å². The van der Waals surface area contributed by atoms with Crippen molar-refractivity contribution in [1.82, 2.24) is 24.8 Å². The molecule has 1 N–H and O–H groups in total. The summed E-state index contributed by atoms with van der Waals surface area (Å²) in [4.78, 5) is 31.7. The minimum atomic E-state index is -1.44. The third-order valence-corrected chi connectivity index (χ3v) is 8.57. The van der Waals surface area contributed by atoms with Crippen molar-refractivity contribution in [1.29, 1.82) is 5.26 Å².